The highest BCUT2D eigenvalue weighted by atomic mass is 16.3. The molecule has 1 atom stereocenters. The molecule has 0 aliphatic carbocycles. The van der Waals surface area contributed by atoms with Crippen molar-refractivity contribution in [1.82, 2.24) is 10.6 Å². The number of nitrogens with one attached hydrogen (secondary N) is 2. The molecule has 0 aromatic heterocycles. The average molecular weight is 358 g/mol. The first-order chi connectivity index (χ1) is 12.3. The topological polar surface area (TPSA) is 78.4 Å². The number of benzene rings is 1. The number of phenols is 1. The van der Waals surface area contributed by atoms with Crippen LogP contribution in [0.2, 0.25) is 0 Å². The number of hydrogen-bond acceptors (Lipinski definition) is 3. The highest BCUT2D eigenvalue weighted by Crippen LogP contribution is 2.11. The Morgan fingerprint density at radius 3 is 2.31 bits per heavy atom. The zero-order valence-corrected chi connectivity index (χ0v) is 16.1. The van der Waals surface area contributed by atoms with Crippen LogP contribution in [0.5, 0.6) is 5.75 Å². The molecule has 1 aromatic carbocycles. The predicted molar refractivity (Wildman–Crippen MR) is 105 cm³/mol. The van der Waals surface area contributed by atoms with Crippen LogP contribution in [-0.4, -0.2) is 29.5 Å². The van der Waals surface area contributed by atoms with Crippen LogP contribution in [0.25, 0.3) is 0 Å². The maximum Gasteiger partial charge on any atom is 0.243 e. The van der Waals surface area contributed by atoms with E-state index in [1.165, 1.54) is 18.1 Å². The molecule has 0 bridgehead atoms. The van der Waals surface area contributed by atoms with Crippen molar-refractivity contribution >= 4 is 11.8 Å². The molecule has 1 rings (SSSR count). The predicted octanol–water partition coefficient (Wildman–Crippen LogP) is 3.25. The second-order valence-electron chi connectivity index (χ2n) is 6.74. The Morgan fingerprint density at radius 2 is 1.73 bits per heavy atom. The summed E-state index contributed by atoms with van der Waals surface area (Å²) in [4.78, 5) is 23.8. The minimum Gasteiger partial charge on any atom is -0.508 e. The van der Waals surface area contributed by atoms with Crippen molar-refractivity contribution in [3.05, 3.63) is 53.1 Å². The van der Waals surface area contributed by atoms with Crippen molar-refractivity contribution in [3.8, 4) is 5.75 Å². The van der Waals surface area contributed by atoms with E-state index < -0.39 is 6.04 Å². The summed E-state index contributed by atoms with van der Waals surface area (Å²) >= 11 is 0. The van der Waals surface area contributed by atoms with Crippen LogP contribution in [-0.2, 0) is 16.0 Å². The third kappa shape index (κ3) is 9.06. The monoisotopic (exact) mass is 358 g/mol. The van der Waals surface area contributed by atoms with Gasteiger partial charge in [-0.15, -0.1) is 0 Å². The second kappa shape index (κ2) is 11.1. The van der Waals surface area contributed by atoms with E-state index in [1.807, 2.05) is 13.0 Å². The van der Waals surface area contributed by atoms with E-state index in [0.717, 1.165) is 18.4 Å². The van der Waals surface area contributed by atoms with Crippen LogP contribution in [0, 0.1) is 0 Å². The van der Waals surface area contributed by atoms with Crippen LogP contribution in [0.4, 0.5) is 0 Å². The molecule has 0 saturated carbocycles. The van der Waals surface area contributed by atoms with Gasteiger partial charge >= 0.3 is 0 Å². The molecular weight excluding hydrogens is 328 g/mol. The van der Waals surface area contributed by atoms with Crippen molar-refractivity contribution in [2.24, 2.45) is 0 Å². The lowest BCUT2D eigenvalue weighted by Crippen LogP contribution is -2.47. The molecular formula is C21H30N2O3. The van der Waals surface area contributed by atoms with Crippen LogP contribution in [0.3, 0.4) is 0 Å². The zero-order chi connectivity index (χ0) is 19.5. The maximum absolute atomic E-state index is 12.4. The zero-order valence-electron chi connectivity index (χ0n) is 16.1. The second-order valence-corrected chi connectivity index (χ2v) is 6.74. The summed E-state index contributed by atoms with van der Waals surface area (Å²) in [6, 6.07) is 5.97. The van der Waals surface area contributed by atoms with Crippen molar-refractivity contribution in [2.75, 3.05) is 6.54 Å². The minimum absolute atomic E-state index is 0.169. The molecule has 0 fully saturated rings. The van der Waals surface area contributed by atoms with Gasteiger partial charge in [-0.05, 0) is 51.3 Å². The summed E-state index contributed by atoms with van der Waals surface area (Å²) in [7, 11) is 0. The van der Waals surface area contributed by atoms with Crippen LogP contribution < -0.4 is 10.6 Å². The van der Waals surface area contributed by atoms with Gasteiger partial charge in [0.25, 0.3) is 0 Å². The van der Waals surface area contributed by atoms with Gasteiger partial charge in [-0.25, -0.2) is 0 Å². The number of rotatable bonds is 9. The Labute approximate surface area is 156 Å². The Morgan fingerprint density at radius 1 is 1.08 bits per heavy atom. The normalized spacial score (nSPS) is 12.2. The molecule has 2 amide bonds. The first kappa shape index (κ1) is 21.5. The number of aromatic hydroxyl groups is 1. The summed E-state index contributed by atoms with van der Waals surface area (Å²) in [6.07, 6.45) is 6.52. The van der Waals surface area contributed by atoms with Crippen molar-refractivity contribution in [3.63, 3.8) is 0 Å². The molecule has 0 aliphatic rings. The van der Waals surface area contributed by atoms with Gasteiger partial charge in [0.15, 0.2) is 0 Å². The molecule has 1 aromatic rings. The Hall–Kier alpha value is -2.56. The lowest BCUT2D eigenvalue weighted by molar-refractivity contribution is -0.127. The van der Waals surface area contributed by atoms with Gasteiger partial charge in [0.2, 0.25) is 11.8 Å². The third-order valence-electron chi connectivity index (χ3n) is 3.89. The minimum atomic E-state index is -0.642. The summed E-state index contributed by atoms with van der Waals surface area (Å²) in [6.45, 7) is 8.04. The number of amides is 2. The standard InChI is InChI=1S/C21H30N2O3/c1-15(2)6-5-7-16(3)12-13-22-21(26)20(23-17(4)24)14-18-8-10-19(25)11-9-18/h6,8-12,20,25H,5,7,13-14H2,1-4H3,(H,22,26)(H,23,24)/b16-12+. The fourth-order valence-corrected chi connectivity index (χ4v) is 2.46. The smallest absolute Gasteiger partial charge is 0.243 e. The SMILES string of the molecule is CC(=O)NC(Cc1ccc(O)cc1)C(=O)NC/C=C(\C)CCC=C(C)C. The number of phenolic OH excluding ortho intramolecular Hbond substituents is 1. The third-order valence-corrected chi connectivity index (χ3v) is 3.89. The van der Waals surface area contributed by atoms with E-state index in [4.69, 9.17) is 0 Å². The lowest BCUT2D eigenvalue weighted by Gasteiger charge is -2.17. The quantitative estimate of drug-likeness (QED) is 0.593. The van der Waals surface area contributed by atoms with Gasteiger partial charge in [-0.3, -0.25) is 9.59 Å². The summed E-state index contributed by atoms with van der Waals surface area (Å²) in [5.74, 6) is -0.304. The number of carbonyl (C=O) groups excluding carboxylic acids is 2. The van der Waals surface area contributed by atoms with E-state index in [-0.39, 0.29) is 17.6 Å². The summed E-state index contributed by atoms with van der Waals surface area (Å²) in [5.41, 5.74) is 3.39. The van der Waals surface area contributed by atoms with Crippen LogP contribution in [0.1, 0.15) is 46.1 Å². The molecule has 5 heteroatoms. The molecule has 0 radical (unpaired) electrons. The molecule has 5 nitrogen and oxygen atoms in total. The number of allylic oxidation sites excluding steroid dienone is 3. The average Bonchev–Trinajstić information content (AvgIpc) is 2.55. The fraction of sp³-hybridized carbons (Fsp3) is 0.429. The van der Waals surface area contributed by atoms with Crippen molar-refractivity contribution < 1.29 is 14.7 Å². The first-order valence-electron chi connectivity index (χ1n) is 8.89. The van der Waals surface area contributed by atoms with Gasteiger partial charge in [0.05, 0.1) is 0 Å². The molecule has 0 saturated heterocycles. The summed E-state index contributed by atoms with van der Waals surface area (Å²) < 4.78 is 0. The number of carbonyl (C=O) groups is 2. The van der Waals surface area contributed by atoms with E-state index >= 15 is 0 Å². The van der Waals surface area contributed by atoms with Gasteiger partial charge in [0.1, 0.15) is 11.8 Å². The molecule has 1 unspecified atom stereocenters. The number of hydrogen-bond donors (Lipinski definition) is 3. The van der Waals surface area contributed by atoms with E-state index in [2.05, 4.69) is 30.6 Å². The lowest BCUT2D eigenvalue weighted by atomic mass is 10.0. The Balaban J connectivity index is 2.58. The highest BCUT2D eigenvalue weighted by Gasteiger charge is 2.19. The molecule has 26 heavy (non-hydrogen) atoms. The molecule has 3 N–H and O–H groups in total. The van der Waals surface area contributed by atoms with E-state index in [9.17, 15) is 14.7 Å². The van der Waals surface area contributed by atoms with Crippen molar-refractivity contribution in [1.29, 1.82) is 0 Å². The first-order valence-corrected chi connectivity index (χ1v) is 8.89. The van der Waals surface area contributed by atoms with Gasteiger partial charge in [-0.1, -0.05) is 35.4 Å². The molecule has 0 aliphatic heterocycles. The van der Waals surface area contributed by atoms with E-state index in [1.54, 1.807) is 24.3 Å². The Bertz CT molecular complexity index is 656. The van der Waals surface area contributed by atoms with Crippen LogP contribution in [0.15, 0.2) is 47.6 Å². The van der Waals surface area contributed by atoms with Gasteiger partial charge in [0, 0.05) is 19.9 Å². The largest absolute Gasteiger partial charge is 0.508 e. The Kier molecular flexibility index (Phi) is 9.20. The highest BCUT2D eigenvalue weighted by molar-refractivity contribution is 5.87. The molecule has 0 heterocycles. The van der Waals surface area contributed by atoms with Gasteiger partial charge < -0.3 is 15.7 Å². The van der Waals surface area contributed by atoms with E-state index in [0.29, 0.717) is 13.0 Å². The van der Waals surface area contributed by atoms with Gasteiger partial charge in [-0.2, -0.15) is 0 Å². The molecule has 0 spiro atoms. The van der Waals surface area contributed by atoms with Crippen LogP contribution >= 0.6 is 0 Å². The maximum atomic E-state index is 12.4. The summed E-state index contributed by atoms with van der Waals surface area (Å²) in [5, 5.41) is 14.9. The fourth-order valence-electron chi connectivity index (χ4n) is 2.46. The van der Waals surface area contributed by atoms with Crippen molar-refractivity contribution in [2.45, 2.75) is 53.0 Å². The molecule has 142 valence electrons.